The number of nitrogens with zero attached hydrogens (tertiary/aromatic N) is 2. The lowest BCUT2D eigenvalue weighted by Crippen LogP contribution is -2.07. The minimum atomic E-state index is 0.0201. The molecule has 0 aliphatic carbocycles. The van der Waals surface area contributed by atoms with Crippen LogP contribution in [0.3, 0.4) is 0 Å². The number of aryl methyl sites for hydroxylation is 2. The first-order valence-corrected chi connectivity index (χ1v) is 7.89. The summed E-state index contributed by atoms with van der Waals surface area (Å²) in [6.45, 7) is 5.27. The lowest BCUT2D eigenvalue weighted by molar-refractivity contribution is 0.279. The van der Waals surface area contributed by atoms with Gasteiger partial charge in [-0.3, -0.25) is 4.68 Å². The molecule has 20 heavy (non-hydrogen) atoms. The van der Waals surface area contributed by atoms with Gasteiger partial charge >= 0.3 is 0 Å². The van der Waals surface area contributed by atoms with Gasteiger partial charge in [-0.2, -0.15) is 5.10 Å². The van der Waals surface area contributed by atoms with Crippen molar-refractivity contribution in [1.29, 1.82) is 0 Å². The molecule has 4 nitrogen and oxygen atoms in total. The quantitative estimate of drug-likeness (QED) is 0.825. The predicted molar refractivity (Wildman–Crippen MR) is 84.7 cm³/mol. The molecule has 1 N–H and O–H groups in total. The van der Waals surface area contributed by atoms with Crippen LogP contribution in [0.25, 0.3) is 0 Å². The summed E-state index contributed by atoms with van der Waals surface area (Å²) in [5.41, 5.74) is 2.82. The van der Waals surface area contributed by atoms with Crippen LogP contribution in [-0.4, -0.2) is 14.9 Å². The number of aromatic nitrogens is 2. The summed E-state index contributed by atoms with van der Waals surface area (Å²) >= 11 is 7.00. The summed E-state index contributed by atoms with van der Waals surface area (Å²) in [4.78, 5) is 0. The third kappa shape index (κ3) is 3.24. The van der Waals surface area contributed by atoms with E-state index in [0.717, 1.165) is 38.2 Å². The van der Waals surface area contributed by atoms with Gasteiger partial charge in [-0.25, -0.2) is 0 Å². The van der Waals surface area contributed by atoms with Crippen LogP contribution in [0.5, 0.6) is 5.75 Å². The second-order valence-corrected chi connectivity index (χ2v) is 6.02. The van der Waals surface area contributed by atoms with E-state index in [1.165, 1.54) is 0 Å². The van der Waals surface area contributed by atoms with Crippen LogP contribution >= 0.6 is 31.9 Å². The summed E-state index contributed by atoms with van der Waals surface area (Å²) in [6.07, 6.45) is 0. The Balaban J connectivity index is 2.17. The first-order chi connectivity index (χ1) is 9.56. The molecular weight excluding hydrogens is 388 g/mol. The van der Waals surface area contributed by atoms with E-state index in [4.69, 9.17) is 9.84 Å². The van der Waals surface area contributed by atoms with Gasteiger partial charge in [-0.15, -0.1) is 0 Å². The fourth-order valence-corrected chi connectivity index (χ4v) is 2.85. The summed E-state index contributed by atoms with van der Waals surface area (Å²) in [6, 6.07) is 5.55. The van der Waals surface area contributed by atoms with Gasteiger partial charge in [-0.05, 0) is 63.4 Å². The van der Waals surface area contributed by atoms with Crippen molar-refractivity contribution in [3.8, 4) is 5.75 Å². The number of benzene rings is 1. The van der Waals surface area contributed by atoms with Crippen LogP contribution in [0.15, 0.2) is 27.1 Å². The van der Waals surface area contributed by atoms with Gasteiger partial charge in [-0.1, -0.05) is 6.07 Å². The molecule has 6 heteroatoms. The summed E-state index contributed by atoms with van der Waals surface area (Å²) < 4.78 is 9.59. The second-order valence-electron chi connectivity index (χ2n) is 4.37. The molecule has 0 radical (unpaired) electrons. The van der Waals surface area contributed by atoms with Crippen molar-refractivity contribution in [2.75, 3.05) is 0 Å². The second kappa shape index (κ2) is 6.74. The zero-order valence-corrected chi connectivity index (χ0v) is 14.5. The predicted octanol–water partition coefficient (Wildman–Crippen LogP) is 3.81. The number of aliphatic hydroxyl groups excluding tert-OH is 1. The van der Waals surface area contributed by atoms with Crippen LogP contribution in [0.1, 0.15) is 23.9 Å². The van der Waals surface area contributed by atoms with E-state index in [1.54, 1.807) is 0 Å². The minimum absolute atomic E-state index is 0.0201. The van der Waals surface area contributed by atoms with E-state index in [-0.39, 0.29) is 6.61 Å². The smallest absolute Gasteiger partial charge is 0.134 e. The maximum Gasteiger partial charge on any atom is 0.134 e. The molecule has 1 aromatic carbocycles. The van der Waals surface area contributed by atoms with Crippen molar-refractivity contribution in [2.45, 2.75) is 33.6 Å². The summed E-state index contributed by atoms with van der Waals surface area (Å²) in [5, 5.41) is 13.5. The molecular formula is C14H16Br2N2O2. The Morgan fingerprint density at radius 1 is 1.35 bits per heavy atom. The van der Waals surface area contributed by atoms with Crippen LogP contribution < -0.4 is 4.74 Å². The van der Waals surface area contributed by atoms with Crippen molar-refractivity contribution in [2.24, 2.45) is 0 Å². The highest BCUT2D eigenvalue weighted by molar-refractivity contribution is 9.10. The topological polar surface area (TPSA) is 47.3 Å². The Labute approximate surface area is 135 Å². The molecule has 0 atom stereocenters. The Bertz CT molecular complexity index is 611. The highest BCUT2D eigenvalue weighted by Crippen LogP contribution is 2.28. The SMILES string of the molecule is CCn1nc(C)c(Br)c1COc1ccc(CO)cc1Br. The molecule has 0 aliphatic rings. The van der Waals surface area contributed by atoms with Gasteiger partial charge in [0.1, 0.15) is 12.4 Å². The Kier molecular flexibility index (Phi) is 5.23. The van der Waals surface area contributed by atoms with E-state index < -0.39 is 0 Å². The molecule has 108 valence electrons. The normalized spacial score (nSPS) is 10.8. The molecule has 0 bridgehead atoms. The largest absolute Gasteiger partial charge is 0.486 e. The first-order valence-electron chi connectivity index (χ1n) is 6.30. The lowest BCUT2D eigenvalue weighted by atomic mass is 10.2. The number of ether oxygens (including phenoxy) is 1. The average molecular weight is 404 g/mol. The van der Waals surface area contributed by atoms with E-state index in [1.807, 2.05) is 36.7 Å². The van der Waals surface area contributed by atoms with E-state index >= 15 is 0 Å². The average Bonchev–Trinajstić information content (AvgIpc) is 2.73. The highest BCUT2D eigenvalue weighted by atomic mass is 79.9. The molecule has 2 rings (SSSR count). The van der Waals surface area contributed by atoms with Crippen molar-refractivity contribution in [1.82, 2.24) is 9.78 Å². The molecule has 1 heterocycles. The number of hydrogen-bond acceptors (Lipinski definition) is 3. The summed E-state index contributed by atoms with van der Waals surface area (Å²) in [7, 11) is 0. The van der Waals surface area contributed by atoms with Gasteiger partial charge < -0.3 is 9.84 Å². The molecule has 1 aromatic heterocycles. The fourth-order valence-electron chi connectivity index (χ4n) is 1.91. The van der Waals surface area contributed by atoms with Crippen molar-refractivity contribution in [3.63, 3.8) is 0 Å². The van der Waals surface area contributed by atoms with Gasteiger partial charge in [0, 0.05) is 6.54 Å². The minimum Gasteiger partial charge on any atom is -0.486 e. The lowest BCUT2D eigenvalue weighted by Gasteiger charge is -2.10. The van der Waals surface area contributed by atoms with Gasteiger partial charge in [0.05, 0.1) is 26.9 Å². The zero-order valence-electron chi connectivity index (χ0n) is 11.4. The molecule has 0 saturated heterocycles. The fraction of sp³-hybridized carbons (Fsp3) is 0.357. The number of halogens is 2. The van der Waals surface area contributed by atoms with Crippen LogP contribution in [0, 0.1) is 6.92 Å². The Morgan fingerprint density at radius 2 is 2.10 bits per heavy atom. The maximum absolute atomic E-state index is 9.09. The van der Waals surface area contributed by atoms with Crippen molar-refractivity contribution in [3.05, 3.63) is 44.1 Å². The van der Waals surface area contributed by atoms with E-state index in [2.05, 4.69) is 37.0 Å². The van der Waals surface area contributed by atoms with Crippen molar-refractivity contribution < 1.29 is 9.84 Å². The monoisotopic (exact) mass is 402 g/mol. The van der Waals surface area contributed by atoms with Gasteiger partial charge in [0.15, 0.2) is 0 Å². The molecule has 0 spiro atoms. The van der Waals surface area contributed by atoms with Crippen LogP contribution in [0.2, 0.25) is 0 Å². The van der Waals surface area contributed by atoms with Gasteiger partial charge in [0.2, 0.25) is 0 Å². The molecule has 0 aliphatic heterocycles. The molecule has 2 aromatic rings. The third-order valence-corrected chi connectivity index (χ3v) is 4.65. The van der Waals surface area contributed by atoms with E-state index in [0.29, 0.717) is 6.61 Å². The standard InChI is InChI=1S/C14H16Br2N2O2/c1-3-18-12(14(16)9(2)17-18)8-20-13-5-4-10(7-19)6-11(13)15/h4-6,19H,3,7-8H2,1-2H3. The third-order valence-electron chi connectivity index (χ3n) is 3.00. The molecule has 0 fully saturated rings. The van der Waals surface area contributed by atoms with Crippen LogP contribution in [0.4, 0.5) is 0 Å². The van der Waals surface area contributed by atoms with Crippen molar-refractivity contribution >= 4 is 31.9 Å². The Morgan fingerprint density at radius 3 is 2.70 bits per heavy atom. The maximum atomic E-state index is 9.09. The summed E-state index contributed by atoms with van der Waals surface area (Å²) in [5.74, 6) is 0.746. The van der Waals surface area contributed by atoms with E-state index in [9.17, 15) is 0 Å². The molecule has 0 saturated carbocycles. The molecule has 0 unspecified atom stereocenters. The number of rotatable bonds is 5. The zero-order chi connectivity index (χ0) is 14.7. The number of aliphatic hydroxyl groups is 1. The van der Waals surface area contributed by atoms with Crippen LogP contribution in [-0.2, 0) is 19.8 Å². The first kappa shape index (κ1) is 15.5. The van der Waals surface area contributed by atoms with Gasteiger partial charge in [0.25, 0.3) is 0 Å². The highest BCUT2D eigenvalue weighted by Gasteiger charge is 2.13. The Hall–Kier alpha value is -0.850. The number of hydrogen-bond donors (Lipinski definition) is 1. The molecule has 0 amide bonds.